The highest BCUT2D eigenvalue weighted by Gasteiger charge is 2.20. The van der Waals surface area contributed by atoms with Gasteiger partial charge in [-0.15, -0.1) is 0 Å². The Balaban J connectivity index is 2.25. The summed E-state index contributed by atoms with van der Waals surface area (Å²) in [5.74, 6) is 0.318. The van der Waals surface area contributed by atoms with Gasteiger partial charge in [0.2, 0.25) is 10.0 Å². The van der Waals surface area contributed by atoms with Crippen LogP contribution in [0.15, 0.2) is 39.9 Å². The van der Waals surface area contributed by atoms with Gasteiger partial charge in [0.05, 0.1) is 22.6 Å². The van der Waals surface area contributed by atoms with Crippen molar-refractivity contribution in [2.75, 3.05) is 5.73 Å². The first-order chi connectivity index (χ1) is 9.40. The molecule has 0 bridgehead atoms. The molecule has 9 nitrogen and oxygen atoms in total. The number of benzene rings is 1. The third-order valence-electron chi connectivity index (χ3n) is 2.44. The average molecular weight is 298 g/mol. The summed E-state index contributed by atoms with van der Waals surface area (Å²) in [4.78, 5) is 9.74. The maximum Gasteiger partial charge on any atom is 0.293 e. The molecule has 0 aliphatic carbocycles. The normalized spacial score (nSPS) is 11.4. The number of sulfonamides is 1. The first-order valence-corrected chi connectivity index (χ1v) is 6.81. The molecule has 10 heteroatoms. The van der Waals surface area contributed by atoms with E-state index in [1.807, 2.05) is 0 Å². The fourth-order valence-electron chi connectivity index (χ4n) is 1.43. The highest BCUT2D eigenvalue weighted by Crippen LogP contribution is 2.24. The fourth-order valence-corrected chi connectivity index (χ4v) is 2.44. The molecule has 1 heterocycles. The summed E-state index contributed by atoms with van der Waals surface area (Å²) >= 11 is 0. The van der Waals surface area contributed by atoms with Gasteiger partial charge in [-0.3, -0.25) is 10.1 Å². The molecule has 2 rings (SSSR count). The molecule has 0 radical (unpaired) electrons. The fraction of sp³-hybridized carbons (Fsp3) is 0.100. The zero-order chi connectivity index (χ0) is 14.8. The molecule has 1 aromatic heterocycles. The van der Waals surface area contributed by atoms with Gasteiger partial charge >= 0.3 is 0 Å². The number of nitro groups is 1. The maximum absolute atomic E-state index is 12.0. The monoisotopic (exact) mass is 298 g/mol. The van der Waals surface area contributed by atoms with Crippen molar-refractivity contribution in [2.45, 2.75) is 11.4 Å². The molecule has 0 saturated heterocycles. The standard InChI is InChI=1S/C10H10N4O5S/c11-9-2-1-8(5-10(9)14(15)16)20(17,18)13-6-7-3-4-12-19-7/h1-5,13H,6,11H2. The van der Waals surface area contributed by atoms with Crippen molar-refractivity contribution in [1.82, 2.24) is 9.88 Å². The average Bonchev–Trinajstić information content (AvgIpc) is 2.89. The SMILES string of the molecule is Nc1ccc(S(=O)(=O)NCc2ccno2)cc1[N+](=O)[O-]. The highest BCUT2D eigenvalue weighted by atomic mass is 32.2. The second-order valence-electron chi connectivity index (χ2n) is 3.78. The molecule has 0 spiro atoms. The van der Waals surface area contributed by atoms with E-state index in [1.54, 1.807) is 0 Å². The van der Waals surface area contributed by atoms with E-state index in [0.29, 0.717) is 5.76 Å². The number of nitrogen functional groups attached to an aromatic ring is 1. The topological polar surface area (TPSA) is 141 Å². The zero-order valence-electron chi connectivity index (χ0n) is 10.0. The lowest BCUT2D eigenvalue weighted by molar-refractivity contribution is -0.384. The van der Waals surface area contributed by atoms with Gasteiger partial charge in [0.25, 0.3) is 5.69 Å². The number of rotatable bonds is 5. The summed E-state index contributed by atoms with van der Waals surface area (Å²) in [6.45, 7) is -0.111. The van der Waals surface area contributed by atoms with E-state index in [4.69, 9.17) is 10.3 Å². The van der Waals surface area contributed by atoms with Crippen LogP contribution in [0.2, 0.25) is 0 Å². The number of hydrogen-bond acceptors (Lipinski definition) is 7. The van der Waals surface area contributed by atoms with Gasteiger partial charge in [-0.25, -0.2) is 13.1 Å². The Labute approximate surface area is 113 Å². The van der Waals surface area contributed by atoms with Crippen molar-refractivity contribution in [3.8, 4) is 0 Å². The van der Waals surface area contributed by atoms with Crippen molar-refractivity contribution in [2.24, 2.45) is 0 Å². The molecule has 106 valence electrons. The molecule has 0 unspecified atom stereocenters. The second kappa shape index (κ2) is 5.27. The Kier molecular flexibility index (Phi) is 3.68. The molecule has 0 aliphatic heterocycles. The van der Waals surface area contributed by atoms with Crippen molar-refractivity contribution in [1.29, 1.82) is 0 Å². The number of nitro benzene ring substituents is 1. The Hall–Kier alpha value is -2.46. The van der Waals surface area contributed by atoms with E-state index in [2.05, 4.69) is 9.88 Å². The summed E-state index contributed by atoms with van der Waals surface area (Å²) in [5.41, 5.74) is 4.83. The number of nitrogens with one attached hydrogen (secondary N) is 1. The minimum Gasteiger partial charge on any atom is -0.393 e. The summed E-state index contributed by atoms with van der Waals surface area (Å²) in [6, 6.07) is 4.75. The minimum atomic E-state index is -3.91. The molecule has 20 heavy (non-hydrogen) atoms. The minimum absolute atomic E-state index is 0.107. The Morgan fingerprint density at radius 2 is 2.15 bits per heavy atom. The van der Waals surface area contributed by atoms with Crippen LogP contribution in [0, 0.1) is 10.1 Å². The predicted octanol–water partition coefficient (Wildman–Crippen LogP) is 0.643. The lowest BCUT2D eigenvalue weighted by Crippen LogP contribution is -2.23. The molecule has 2 aromatic rings. The van der Waals surface area contributed by atoms with E-state index in [9.17, 15) is 18.5 Å². The van der Waals surface area contributed by atoms with Crippen LogP contribution in [0.4, 0.5) is 11.4 Å². The maximum atomic E-state index is 12.0. The predicted molar refractivity (Wildman–Crippen MR) is 68.0 cm³/mol. The van der Waals surface area contributed by atoms with Crippen molar-refractivity contribution >= 4 is 21.4 Å². The van der Waals surface area contributed by atoms with Gasteiger partial charge in [0, 0.05) is 12.1 Å². The molecule has 3 N–H and O–H groups in total. The lowest BCUT2D eigenvalue weighted by atomic mass is 10.3. The van der Waals surface area contributed by atoms with Gasteiger partial charge in [-0.1, -0.05) is 5.16 Å². The lowest BCUT2D eigenvalue weighted by Gasteiger charge is -2.05. The number of anilines is 1. The summed E-state index contributed by atoms with van der Waals surface area (Å²) in [5, 5.41) is 14.2. The molecule has 0 saturated carbocycles. The molecule has 1 aromatic carbocycles. The van der Waals surface area contributed by atoms with Gasteiger partial charge < -0.3 is 10.3 Å². The Morgan fingerprint density at radius 3 is 2.75 bits per heavy atom. The number of aromatic nitrogens is 1. The van der Waals surface area contributed by atoms with Crippen LogP contribution in [0.1, 0.15) is 5.76 Å². The van der Waals surface area contributed by atoms with Crippen LogP contribution in [-0.2, 0) is 16.6 Å². The largest absolute Gasteiger partial charge is 0.393 e. The third-order valence-corrected chi connectivity index (χ3v) is 3.84. The summed E-state index contributed by atoms with van der Waals surface area (Å²) in [7, 11) is -3.91. The van der Waals surface area contributed by atoms with Gasteiger partial charge in [0.1, 0.15) is 5.69 Å². The van der Waals surface area contributed by atoms with Crippen LogP contribution in [0.3, 0.4) is 0 Å². The quantitative estimate of drug-likeness (QED) is 0.468. The molecule has 0 aliphatic rings. The summed E-state index contributed by atoms with van der Waals surface area (Å²) in [6.07, 6.45) is 1.37. The van der Waals surface area contributed by atoms with E-state index < -0.39 is 20.6 Å². The van der Waals surface area contributed by atoms with Gasteiger partial charge in [-0.2, -0.15) is 0 Å². The number of nitrogens with two attached hydrogens (primary N) is 1. The first-order valence-electron chi connectivity index (χ1n) is 5.33. The van der Waals surface area contributed by atoms with Crippen LogP contribution in [0.25, 0.3) is 0 Å². The second-order valence-corrected chi connectivity index (χ2v) is 5.55. The summed E-state index contributed by atoms with van der Waals surface area (Å²) < 4.78 is 30.9. The molecule has 0 fully saturated rings. The number of nitrogens with zero attached hydrogens (tertiary/aromatic N) is 2. The smallest absolute Gasteiger partial charge is 0.293 e. The van der Waals surface area contributed by atoms with Gasteiger partial charge in [-0.05, 0) is 12.1 Å². The molecular formula is C10H10N4O5S. The number of hydrogen-bond donors (Lipinski definition) is 2. The first kappa shape index (κ1) is 14.0. The van der Waals surface area contributed by atoms with E-state index in [-0.39, 0.29) is 17.1 Å². The van der Waals surface area contributed by atoms with Crippen molar-refractivity contribution < 1.29 is 17.9 Å². The van der Waals surface area contributed by atoms with E-state index in [1.165, 1.54) is 24.4 Å². The van der Waals surface area contributed by atoms with E-state index >= 15 is 0 Å². The van der Waals surface area contributed by atoms with Gasteiger partial charge in [0.15, 0.2) is 5.76 Å². The molecule has 0 amide bonds. The van der Waals surface area contributed by atoms with Crippen LogP contribution >= 0.6 is 0 Å². The van der Waals surface area contributed by atoms with Crippen LogP contribution in [0.5, 0.6) is 0 Å². The third kappa shape index (κ3) is 2.92. The van der Waals surface area contributed by atoms with E-state index in [0.717, 1.165) is 6.07 Å². The van der Waals surface area contributed by atoms with Crippen molar-refractivity contribution in [3.05, 3.63) is 46.3 Å². The Morgan fingerprint density at radius 1 is 1.40 bits per heavy atom. The van der Waals surface area contributed by atoms with Crippen LogP contribution in [-0.4, -0.2) is 18.5 Å². The molecule has 0 atom stereocenters. The highest BCUT2D eigenvalue weighted by molar-refractivity contribution is 7.89. The van der Waals surface area contributed by atoms with Crippen molar-refractivity contribution in [3.63, 3.8) is 0 Å². The zero-order valence-corrected chi connectivity index (χ0v) is 10.8. The molecular weight excluding hydrogens is 288 g/mol. The Bertz CT molecular complexity index is 726. The van der Waals surface area contributed by atoms with Crippen LogP contribution < -0.4 is 10.5 Å².